The van der Waals surface area contributed by atoms with Gasteiger partial charge in [0.25, 0.3) is 0 Å². The van der Waals surface area contributed by atoms with Crippen LogP contribution >= 0.6 is 0 Å². The van der Waals surface area contributed by atoms with Crippen LogP contribution in [0.5, 0.6) is 11.5 Å². The summed E-state index contributed by atoms with van der Waals surface area (Å²) in [4.78, 5) is 20.6. The zero-order chi connectivity index (χ0) is 19.9. The third kappa shape index (κ3) is 4.20. The lowest BCUT2D eigenvalue weighted by Crippen LogP contribution is -2.06. The molecule has 1 N–H and O–H groups in total. The Morgan fingerprint density at radius 3 is 2.61 bits per heavy atom. The van der Waals surface area contributed by atoms with Crippen molar-refractivity contribution in [3.05, 3.63) is 60.4 Å². The van der Waals surface area contributed by atoms with Crippen LogP contribution in [-0.2, 0) is 4.74 Å². The van der Waals surface area contributed by atoms with E-state index >= 15 is 0 Å². The molecule has 0 aliphatic rings. The van der Waals surface area contributed by atoms with E-state index in [4.69, 9.17) is 14.2 Å². The monoisotopic (exact) mass is 379 g/mol. The van der Waals surface area contributed by atoms with Gasteiger partial charge in [0, 0.05) is 17.3 Å². The molecule has 28 heavy (non-hydrogen) atoms. The molecule has 2 aromatic carbocycles. The van der Waals surface area contributed by atoms with Crippen molar-refractivity contribution in [2.75, 3.05) is 26.1 Å². The zero-order valence-corrected chi connectivity index (χ0v) is 15.9. The number of aromatic nitrogens is 2. The van der Waals surface area contributed by atoms with E-state index in [2.05, 4.69) is 15.3 Å². The van der Waals surface area contributed by atoms with E-state index in [1.165, 1.54) is 13.4 Å². The summed E-state index contributed by atoms with van der Waals surface area (Å²) in [6.07, 6.45) is 1.47. The summed E-state index contributed by atoms with van der Waals surface area (Å²) in [5, 5.41) is 3.18. The predicted octanol–water partition coefficient (Wildman–Crippen LogP) is 4.08. The summed E-state index contributed by atoms with van der Waals surface area (Å²) < 4.78 is 15.7. The van der Waals surface area contributed by atoms with Crippen LogP contribution in [0.1, 0.15) is 17.3 Å². The molecule has 0 saturated heterocycles. The van der Waals surface area contributed by atoms with Crippen LogP contribution in [0.2, 0.25) is 0 Å². The number of hydrogen-bond acceptors (Lipinski definition) is 7. The van der Waals surface area contributed by atoms with Crippen LogP contribution in [0, 0.1) is 0 Å². The van der Waals surface area contributed by atoms with E-state index < -0.39 is 5.97 Å². The second-order valence-corrected chi connectivity index (χ2v) is 5.75. The third-order valence-corrected chi connectivity index (χ3v) is 4.01. The van der Waals surface area contributed by atoms with E-state index in [1.54, 1.807) is 19.2 Å². The maximum atomic E-state index is 12.1. The average Bonchev–Trinajstić information content (AvgIpc) is 2.74. The fraction of sp³-hybridized carbons (Fsp3) is 0.190. The molecular weight excluding hydrogens is 358 g/mol. The van der Waals surface area contributed by atoms with E-state index in [0.29, 0.717) is 35.1 Å². The first-order chi connectivity index (χ1) is 13.7. The van der Waals surface area contributed by atoms with Gasteiger partial charge >= 0.3 is 5.97 Å². The predicted molar refractivity (Wildman–Crippen MR) is 106 cm³/mol. The van der Waals surface area contributed by atoms with Gasteiger partial charge < -0.3 is 19.5 Å². The highest BCUT2D eigenvalue weighted by atomic mass is 16.5. The van der Waals surface area contributed by atoms with Gasteiger partial charge in [-0.3, -0.25) is 0 Å². The van der Waals surface area contributed by atoms with E-state index in [0.717, 1.165) is 11.3 Å². The molecule has 7 nitrogen and oxygen atoms in total. The van der Waals surface area contributed by atoms with Crippen molar-refractivity contribution < 1.29 is 19.0 Å². The molecule has 1 heterocycles. The van der Waals surface area contributed by atoms with Crippen LogP contribution in [0.3, 0.4) is 0 Å². The second kappa shape index (κ2) is 8.85. The Balaban J connectivity index is 1.91. The maximum Gasteiger partial charge on any atom is 0.341 e. The number of carbonyl (C=O) groups excluding carboxylic acids is 1. The number of nitrogens with zero attached hydrogens (tertiary/aromatic N) is 2. The number of rotatable bonds is 7. The summed E-state index contributed by atoms with van der Waals surface area (Å²) in [5.41, 5.74) is 2.59. The lowest BCUT2D eigenvalue weighted by atomic mass is 10.1. The van der Waals surface area contributed by atoms with Gasteiger partial charge in [0.1, 0.15) is 29.2 Å². The van der Waals surface area contributed by atoms with E-state index in [-0.39, 0.29) is 0 Å². The Morgan fingerprint density at radius 1 is 1.04 bits per heavy atom. The average molecular weight is 379 g/mol. The molecule has 0 fully saturated rings. The first-order valence-corrected chi connectivity index (χ1v) is 8.74. The lowest BCUT2D eigenvalue weighted by molar-refractivity contribution is 0.0596. The van der Waals surface area contributed by atoms with Gasteiger partial charge in [0.05, 0.1) is 26.5 Å². The smallest absolute Gasteiger partial charge is 0.341 e. The molecule has 0 radical (unpaired) electrons. The Hall–Kier alpha value is -3.61. The number of para-hydroxylation sites is 1. The number of benzene rings is 2. The van der Waals surface area contributed by atoms with Gasteiger partial charge in [-0.1, -0.05) is 12.1 Å². The summed E-state index contributed by atoms with van der Waals surface area (Å²) in [5.74, 6) is 1.30. The number of methoxy groups -OCH3 is 2. The molecule has 3 rings (SSSR count). The minimum absolute atomic E-state index is 0.341. The highest BCUT2D eigenvalue weighted by Gasteiger charge is 2.14. The van der Waals surface area contributed by atoms with Crippen molar-refractivity contribution in [1.82, 2.24) is 9.97 Å². The molecule has 0 aliphatic carbocycles. The number of esters is 1. The normalized spacial score (nSPS) is 10.2. The van der Waals surface area contributed by atoms with Gasteiger partial charge in [-0.2, -0.15) is 0 Å². The van der Waals surface area contributed by atoms with E-state index in [9.17, 15) is 4.79 Å². The highest BCUT2D eigenvalue weighted by Crippen LogP contribution is 2.30. The number of hydrogen-bond donors (Lipinski definition) is 1. The number of carbonyl (C=O) groups is 1. The molecule has 0 bridgehead atoms. The molecule has 0 amide bonds. The fourth-order valence-corrected chi connectivity index (χ4v) is 2.74. The van der Waals surface area contributed by atoms with Gasteiger partial charge in [-0.05, 0) is 37.3 Å². The van der Waals surface area contributed by atoms with Crippen molar-refractivity contribution >= 4 is 17.5 Å². The topological polar surface area (TPSA) is 82.6 Å². The SMILES string of the molecule is CCOc1ccc(Nc2cc(-c3ccccc3OC)ncn2)cc1C(=O)OC. The first-order valence-electron chi connectivity index (χ1n) is 8.74. The van der Waals surface area contributed by atoms with Crippen LogP contribution in [0.4, 0.5) is 11.5 Å². The van der Waals surface area contributed by atoms with Gasteiger partial charge in [-0.25, -0.2) is 14.8 Å². The molecule has 0 saturated carbocycles. The van der Waals surface area contributed by atoms with Crippen molar-refractivity contribution in [3.63, 3.8) is 0 Å². The minimum Gasteiger partial charge on any atom is -0.496 e. The number of nitrogens with one attached hydrogen (secondary N) is 1. The third-order valence-electron chi connectivity index (χ3n) is 4.01. The van der Waals surface area contributed by atoms with E-state index in [1.807, 2.05) is 43.3 Å². The highest BCUT2D eigenvalue weighted by molar-refractivity contribution is 5.93. The first kappa shape index (κ1) is 19.2. The van der Waals surface area contributed by atoms with Crippen LogP contribution in [0.15, 0.2) is 54.9 Å². The zero-order valence-electron chi connectivity index (χ0n) is 15.9. The summed E-state index contributed by atoms with van der Waals surface area (Å²) in [7, 11) is 2.95. The fourth-order valence-electron chi connectivity index (χ4n) is 2.74. The summed E-state index contributed by atoms with van der Waals surface area (Å²) >= 11 is 0. The Morgan fingerprint density at radius 2 is 1.86 bits per heavy atom. The molecule has 0 atom stereocenters. The largest absolute Gasteiger partial charge is 0.496 e. The Bertz CT molecular complexity index is 975. The number of ether oxygens (including phenoxy) is 3. The van der Waals surface area contributed by atoms with Gasteiger partial charge in [-0.15, -0.1) is 0 Å². The van der Waals surface area contributed by atoms with Crippen molar-refractivity contribution in [2.24, 2.45) is 0 Å². The van der Waals surface area contributed by atoms with Crippen LogP contribution in [0.25, 0.3) is 11.3 Å². The lowest BCUT2D eigenvalue weighted by Gasteiger charge is -2.12. The second-order valence-electron chi connectivity index (χ2n) is 5.75. The molecule has 0 unspecified atom stereocenters. The molecule has 0 spiro atoms. The standard InChI is InChI=1S/C21H21N3O4/c1-4-28-19-10-9-14(11-16(19)21(25)27-3)24-20-12-17(22-13-23-20)15-7-5-6-8-18(15)26-2/h5-13H,4H2,1-3H3,(H,22,23,24). The Labute approximate surface area is 163 Å². The quantitative estimate of drug-likeness (QED) is 0.619. The summed E-state index contributed by atoms with van der Waals surface area (Å²) in [6.45, 7) is 2.30. The van der Waals surface area contributed by atoms with Crippen LogP contribution < -0.4 is 14.8 Å². The van der Waals surface area contributed by atoms with Gasteiger partial charge in [0.2, 0.25) is 0 Å². The number of anilines is 2. The molecule has 1 aromatic heterocycles. The van der Waals surface area contributed by atoms with Crippen LogP contribution in [-0.4, -0.2) is 36.8 Å². The Kier molecular flexibility index (Phi) is 6.06. The van der Waals surface area contributed by atoms with Crippen molar-refractivity contribution in [3.8, 4) is 22.8 Å². The molecular formula is C21H21N3O4. The maximum absolute atomic E-state index is 12.1. The summed E-state index contributed by atoms with van der Waals surface area (Å²) in [6, 6.07) is 14.6. The molecule has 7 heteroatoms. The van der Waals surface area contributed by atoms with Gasteiger partial charge in [0.15, 0.2) is 0 Å². The van der Waals surface area contributed by atoms with Crippen molar-refractivity contribution in [1.29, 1.82) is 0 Å². The molecule has 3 aromatic rings. The molecule has 144 valence electrons. The minimum atomic E-state index is -0.468. The van der Waals surface area contributed by atoms with Crippen molar-refractivity contribution in [2.45, 2.75) is 6.92 Å². The molecule has 0 aliphatic heterocycles.